The van der Waals surface area contributed by atoms with E-state index in [4.69, 9.17) is 10.5 Å². The van der Waals surface area contributed by atoms with E-state index in [0.717, 1.165) is 5.56 Å². The minimum Gasteiger partial charge on any atom is -0.478 e. The van der Waals surface area contributed by atoms with E-state index in [-0.39, 0.29) is 17.7 Å². The lowest BCUT2D eigenvalue weighted by atomic mass is 10.1. The molecule has 0 fully saturated rings. The van der Waals surface area contributed by atoms with Crippen LogP contribution in [0, 0.1) is 5.82 Å². The van der Waals surface area contributed by atoms with Crippen LogP contribution in [0.1, 0.15) is 26.3 Å². The largest absolute Gasteiger partial charge is 0.478 e. The molecule has 106 valence electrons. The molecule has 0 aliphatic carbocycles. The van der Waals surface area contributed by atoms with Crippen LogP contribution < -0.4 is 15.8 Å². The third-order valence-corrected chi connectivity index (χ3v) is 2.53. The number of halogens is 1. The maximum Gasteiger partial charge on any atom is 0.260 e. The minimum atomic E-state index is -0.739. The molecule has 0 aliphatic heterocycles. The Hall–Kier alpha value is -1.62. The Bertz CT molecular complexity index is 435. The molecule has 0 bridgehead atoms. The molecule has 4 nitrogen and oxygen atoms in total. The van der Waals surface area contributed by atoms with E-state index in [9.17, 15) is 9.18 Å². The number of carbonyl (C=O) groups is 1. The molecular weight excluding hydrogens is 247 g/mol. The van der Waals surface area contributed by atoms with Crippen LogP contribution in [0.4, 0.5) is 4.39 Å². The molecule has 0 saturated carbocycles. The van der Waals surface area contributed by atoms with Crippen LogP contribution in [0.5, 0.6) is 5.75 Å². The molecule has 19 heavy (non-hydrogen) atoms. The lowest BCUT2D eigenvalue weighted by Crippen LogP contribution is -2.40. The lowest BCUT2D eigenvalue weighted by Gasteiger charge is -2.17. The molecule has 0 saturated heterocycles. The lowest BCUT2D eigenvalue weighted by molar-refractivity contribution is -0.127. The van der Waals surface area contributed by atoms with E-state index in [1.165, 1.54) is 12.1 Å². The summed E-state index contributed by atoms with van der Waals surface area (Å²) in [5.74, 6) is -0.664. The Kier molecular flexibility index (Phi) is 5.76. The van der Waals surface area contributed by atoms with Crippen LogP contribution in [0.15, 0.2) is 18.2 Å². The van der Waals surface area contributed by atoms with Gasteiger partial charge in [-0.3, -0.25) is 4.79 Å². The number of hydrogen-bond acceptors (Lipinski definition) is 3. The second-order valence-corrected chi connectivity index (χ2v) is 4.73. The summed E-state index contributed by atoms with van der Waals surface area (Å²) < 4.78 is 19.1. The number of nitrogens with two attached hydrogens (primary N) is 1. The zero-order valence-corrected chi connectivity index (χ0v) is 11.6. The Morgan fingerprint density at radius 3 is 2.63 bits per heavy atom. The van der Waals surface area contributed by atoms with Crippen LogP contribution in [0.3, 0.4) is 0 Å². The number of hydrogen-bond donors (Lipinski definition) is 2. The van der Waals surface area contributed by atoms with Crippen molar-refractivity contribution >= 4 is 5.91 Å². The van der Waals surface area contributed by atoms with Crippen molar-refractivity contribution in [3.8, 4) is 5.75 Å². The van der Waals surface area contributed by atoms with Crippen molar-refractivity contribution in [3.05, 3.63) is 29.6 Å². The maximum atomic E-state index is 13.8. The first-order valence-electron chi connectivity index (χ1n) is 6.39. The first-order valence-corrected chi connectivity index (χ1v) is 6.39. The summed E-state index contributed by atoms with van der Waals surface area (Å²) in [7, 11) is 0. The summed E-state index contributed by atoms with van der Waals surface area (Å²) in [5, 5.41) is 2.71. The highest BCUT2D eigenvalue weighted by atomic mass is 19.1. The van der Waals surface area contributed by atoms with Gasteiger partial charge in [0.1, 0.15) is 0 Å². The molecule has 1 atom stereocenters. The van der Waals surface area contributed by atoms with Crippen LogP contribution in [-0.4, -0.2) is 24.6 Å². The molecule has 0 radical (unpaired) electrons. The molecule has 1 unspecified atom stereocenters. The van der Waals surface area contributed by atoms with Gasteiger partial charge in [-0.25, -0.2) is 4.39 Å². The summed E-state index contributed by atoms with van der Waals surface area (Å²) in [6.45, 7) is 5.76. The number of carbonyl (C=O) groups excluding carboxylic acids is 1. The van der Waals surface area contributed by atoms with E-state index in [1.54, 1.807) is 13.0 Å². The summed E-state index contributed by atoms with van der Waals surface area (Å²) in [4.78, 5) is 11.7. The first-order chi connectivity index (χ1) is 8.93. The van der Waals surface area contributed by atoms with E-state index in [1.807, 2.05) is 13.8 Å². The summed E-state index contributed by atoms with van der Waals surface area (Å²) >= 11 is 0. The summed E-state index contributed by atoms with van der Waals surface area (Å²) in [5.41, 5.74) is 6.22. The second kappa shape index (κ2) is 7.09. The van der Waals surface area contributed by atoms with E-state index < -0.39 is 11.9 Å². The number of amides is 1. The van der Waals surface area contributed by atoms with Crippen molar-refractivity contribution in [2.24, 2.45) is 5.73 Å². The smallest absolute Gasteiger partial charge is 0.260 e. The van der Waals surface area contributed by atoms with Gasteiger partial charge in [-0.15, -0.1) is 0 Å². The molecule has 1 rings (SSSR count). The molecule has 1 aromatic carbocycles. The molecule has 0 heterocycles. The van der Waals surface area contributed by atoms with Gasteiger partial charge in [-0.1, -0.05) is 6.07 Å². The van der Waals surface area contributed by atoms with Gasteiger partial charge in [-0.2, -0.15) is 0 Å². The zero-order chi connectivity index (χ0) is 14.4. The second-order valence-electron chi connectivity index (χ2n) is 4.73. The normalized spacial score (nSPS) is 12.3. The van der Waals surface area contributed by atoms with Crippen molar-refractivity contribution in [2.45, 2.75) is 39.3 Å². The van der Waals surface area contributed by atoms with E-state index in [2.05, 4.69) is 5.32 Å². The monoisotopic (exact) mass is 268 g/mol. The standard InChI is InChI=1S/C14H21FN2O2/c1-9(2)17-14(18)10(3)19-13-5-4-11(6-7-16)8-12(13)15/h4-5,8-10H,6-7,16H2,1-3H3,(H,17,18). The Labute approximate surface area is 113 Å². The Balaban J connectivity index is 2.69. The predicted molar refractivity (Wildman–Crippen MR) is 72.5 cm³/mol. The van der Waals surface area contributed by atoms with Crippen LogP contribution in [0.25, 0.3) is 0 Å². The topological polar surface area (TPSA) is 64.3 Å². The molecule has 1 amide bonds. The molecule has 5 heteroatoms. The highest BCUT2D eigenvalue weighted by molar-refractivity contribution is 5.80. The van der Waals surface area contributed by atoms with Gasteiger partial charge in [0.25, 0.3) is 5.91 Å². The van der Waals surface area contributed by atoms with Crippen molar-refractivity contribution in [2.75, 3.05) is 6.54 Å². The number of benzene rings is 1. The van der Waals surface area contributed by atoms with Crippen molar-refractivity contribution in [1.29, 1.82) is 0 Å². The average Bonchev–Trinajstić information content (AvgIpc) is 2.32. The summed E-state index contributed by atoms with van der Waals surface area (Å²) in [6.07, 6.45) is -0.127. The number of nitrogens with one attached hydrogen (secondary N) is 1. The minimum absolute atomic E-state index is 0.0235. The maximum absolute atomic E-state index is 13.8. The van der Waals surface area contributed by atoms with Gasteiger partial charge in [0, 0.05) is 6.04 Å². The van der Waals surface area contributed by atoms with E-state index in [0.29, 0.717) is 13.0 Å². The van der Waals surface area contributed by atoms with Crippen molar-refractivity contribution in [3.63, 3.8) is 0 Å². The Morgan fingerprint density at radius 2 is 2.11 bits per heavy atom. The fourth-order valence-corrected chi connectivity index (χ4v) is 1.61. The highest BCUT2D eigenvalue weighted by Gasteiger charge is 2.17. The van der Waals surface area contributed by atoms with Gasteiger partial charge in [0.05, 0.1) is 0 Å². The Morgan fingerprint density at radius 1 is 1.42 bits per heavy atom. The van der Waals surface area contributed by atoms with Gasteiger partial charge in [-0.05, 0) is 51.4 Å². The molecule has 0 aliphatic rings. The number of ether oxygens (including phenoxy) is 1. The quantitative estimate of drug-likeness (QED) is 0.824. The van der Waals surface area contributed by atoms with Gasteiger partial charge >= 0.3 is 0 Å². The molecule has 0 aromatic heterocycles. The molecule has 1 aromatic rings. The van der Waals surface area contributed by atoms with Crippen LogP contribution in [-0.2, 0) is 11.2 Å². The van der Waals surface area contributed by atoms with Gasteiger partial charge in [0.15, 0.2) is 17.7 Å². The summed E-state index contributed by atoms with van der Waals surface area (Å²) in [6, 6.07) is 4.68. The molecule has 0 spiro atoms. The first kappa shape index (κ1) is 15.4. The van der Waals surface area contributed by atoms with Gasteiger partial charge in [0.2, 0.25) is 0 Å². The van der Waals surface area contributed by atoms with Crippen LogP contribution in [0.2, 0.25) is 0 Å². The number of rotatable bonds is 6. The van der Waals surface area contributed by atoms with Crippen molar-refractivity contribution < 1.29 is 13.9 Å². The fourth-order valence-electron chi connectivity index (χ4n) is 1.61. The van der Waals surface area contributed by atoms with Crippen molar-refractivity contribution in [1.82, 2.24) is 5.32 Å². The SMILES string of the molecule is CC(C)NC(=O)C(C)Oc1ccc(CCN)cc1F. The molecule has 3 N–H and O–H groups in total. The third kappa shape index (κ3) is 4.87. The fraction of sp³-hybridized carbons (Fsp3) is 0.500. The third-order valence-electron chi connectivity index (χ3n) is 2.53. The van der Waals surface area contributed by atoms with Gasteiger partial charge < -0.3 is 15.8 Å². The van der Waals surface area contributed by atoms with E-state index >= 15 is 0 Å². The predicted octanol–water partition coefficient (Wildman–Crippen LogP) is 1.62. The average molecular weight is 268 g/mol. The van der Waals surface area contributed by atoms with Crippen LogP contribution >= 0.6 is 0 Å². The molecular formula is C14H21FN2O2. The highest BCUT2D eigenvalue weighted by Crippen LogP contribution is 2.20. The zero-order valence-electron chi connectivity index (χ0n) is 11.6.